The van der Waals surface area contributed by atoms with Crippen molar-refractivity contribution in [3.8, 4) is 33.9 Å². The van der Waals surface area contributed by atoms with Crippen molar-refractivity contribution in [3.05, 3.63) is 64.8 Å². The third kappa shape index (κ3) is 6.25. The van der Waals surface area contributed by atoms with Crippen molar-refractivity contribution in [2.24, 2.45) is 16.0 Å². The van der Waals surface area contributed by atoms with Gasteiger partial charge in [0.1, 0.15) is 28.9 Å². The van der Waals surface area contributed by atoms with Crippen molar-refractivity contribution in [2.75, 3.05) is 6.54 Å². The summed E-state index contributed by atoms with van der Waals surface area (Å²) in [6.45, 7) is 0.662. The summed E-state index contributed by atoms with van der Waals surface area (Å²) in [6.07, 6.45) is 1.32. The maximum Gasteiger partial charge on any atom is 0.360 e. The van der Waals surface area contributed by atoms with Crippen molar-refractivity contribution in [3.63, 3.8) is 0 Å². The summed E-state index contributed by atoms with van der Waals surface area (Å²) in [7, 11) is 0. The Morgan fingerprint density at radius 3 is 2.64 bits per heavy atom. The molecule has 5 N–H and O–H groups in total. The molecule has 2 aliphatic rings. The number of carboxylic acids is 1. The first-order valence-corrected chi connectivity index (χ1v) is 11.9. The summed E-state index contributed by atoms with van der Waals surface area (Å²) in [5, 5.41) is 29.7. The van der Waals surface area contributed by atoms with E-state index < -0.39 is 18.0 Å². The number of phenolic OH excluding ortho intramolecular Hbond substituents is 1. The van der Waals surface area contributed by atoms with E-state index in [1.807, 2.05) is 0 Å². The number of phenols is 1. The van der Waals surface area contributed by atoms with Crippen LogP contribution in [-0.2, 0) is 9.59 Å². The summed E-state index contributed by atoms with van der Waals surface area (Å²) >= 11 is 0. The Labute approximate surface area is 221 Å². The number of carbonyl (C=O) groups excluding carboxylic acids is 2. The first kappa shape index (κ1) is 26.9. The second kappa shape index (κ2) is 12.0. The lowest BCUT2D eigenvalue weighted by molar-refractivity contribution is -0.139. The number of benzene rings is 3. The van der Waals surface area contributed by atoms with E-state index >= 15 is 0 Å². The van der Waals surface area contributed by atoms with Crippen LogP contribution in [0, 0.1) is 0 Å². The second-order valence-corrected chi connectivity index (χ2v) is 8.53. The van der Waals surface area contributed by atoms with Gasteiger partial charge in [-0.2, -0.15) is 0 Å². The summed E-state index contributed by atoms with van der Waals surface area (Å²) in [5.41, 5.74) is 6.98. The minimum absolute atomic E-state index is 0.0598. The van der Waals surface area contributed by atoms with E-state index in [-0.39, 0.29) is 46.9 Å². The van der Waals surface area contributed by atoms with Crippen LogP contribution < -0.4 is 21.2 Å². The number of nitrogens with zero attached hydrogens (tertiary/aromatic N) is 2. The first-order valence-electron chi connectivity index (χ1n) is 11.9. The lowest BCUT2D eigenvalue weighted by Gasteiger charge is -2.17. The Kier molecular flexibility index (Phi) is 8.27. The summed E-state index contributed by atoms with van der Waals surface area (Å²) < 4.78 is 11.0. The molecule has 0 unspecified atom stereocenters. The topological polar surface area (TPSA) is 194 Å². The Hall–Kier alpha value is -5.10. The molecule has 0 aromatic heterocycles. The van der Waals surface area contributed by atoms with Crippen LogP contribution in [0.25, 0.3) is 33.4 Å². The molecule has 4 rings (SSSR count). The van der Waals surface area contributed by atoms with Gasteiger partial charge in [0.15, 0.2) is 5.43 Å². The molecule has 2 amide bonds. The van der Waals surface area contributed by atoms with E-state index in [0.717, 1.165) is 0 Å². The standard InChI is InChI=1S/C27H24N4O8/c28-10-2-1-3-21(26(35)36)29-27(37)31-30-15-4-9-22(38-14-32)20(11-15)25-18-7-5-16(33)12-23(18)39-24-13-17(34)6-8-19(24)25/h4-9,11-14,21,33H,1-3,10,28H2,(H,29,37)(H,35,36)/t21-/m0/s1. The maximum atomic E-state index is 12.3. The number of hydrogen-bond donors (Lipinski definition) is 4. The molecule has 0 saturated heterocycles. The number of carbonyl (C=O) groups is 3. The summed E-state index contributed by atoms with van der Waals surface area (Å²) in [4.78, 5) is 47.0. The number of rotatable bonds is 10. The van der Waals surface area contributed by atoms with E-state index in [2.05, 4.69) is 15.5 Å². The number of amides is 2. The monoisotopic (exact) mass is 532 g/mol. The highest BCUT2D eigenvalue weighted by molar-refractivity contribution is 6.04. The third-order valence-corrected chi connectivity index (χ3v) is 5.88. The number of hydrogen-bond acceptors (Lipinski definition) is 9. The van der Waals surface area contributed by atoms with Gasteiger partial charge in [0.25, 0.3) is 6.47 Å². The molecule has 0 fully saturated rings. The number of fused-ring (bicyclic) bond motifs is 2. The van der Waals surface area contributed by atoms with Gasteiger partial charge in [-0.05, 0) is 68.3 Å². The number of ether oxygens (including phenoxy) is 1. The average molecular weight is 533 g/mol. The van der Waals surface area contributed by atoms with E-state index in [1.54, 1.807) is 12.1 Å². The van der Waals surface area contributed by atoms with Crippen molar-refractivity contribution in [2.45, 2.75) is 25.3 Å². The van der Waals surface area contributed by atoms with Crippen molar-refractivity contribution in [1.82, 2.24) is 5.32 Å². The number of aliphatic carboxylic acids is 1. The normalized spacial score (nSPS) is 12.0. The SMILES string of the molecule is NCCCC[C@H](NC(=O)N=Nc1ccc(OC=O)c(-c2c3ccc(=O)cc-3oc3cc(O)ccc23)c1)C(=O)O. The van der Waals surface area contributed by atoms with Gasteiger partial charge in [0.05, 0.1) is 5.69 Å². The molecular formula is C27H24N4O8. The molecule has 1 aliphatic heterocycles. The molecule has 1 aliphatic carbocycles. The van der Waals surface area contributed by atoms with E-state index in [0.29, 0.717) is 41.5 Å². The van der Waals surface area contributed by atoms with E-state index in [4.69, 9.17) is 14.9 Å². The van der Waals surface area contributed by atoms with Crippen molar-refractivity contribution < 1.29 is 33.8 Å². The van der Waals surface area contributed by atoms with Crippen LogP contribution in [0.1, 0.15) is 19.3 Å². The number of urea groups is 1. The molecule has 200 valence electrons. The highest BCUT2D eigenvalue weighted by Crippen LogP contribution is 2.45. The van der Waals surface area contributed by atoms with Gasteiger partial charge in [-0.3, -0.25) is 9.59 Å². The molecule has 39 heavy (non-hydrogen) atoms. The van der Waals surface area contributed by atoms with Crippen LogP contribution >= 0.6 is 0 Å². The zero-order valence-corrected chi connectivity index (χ0v) is 20.5. The van der Waals surface area contributed by atoms with Gasteiger partial charge >= 0.3 is 12.0 Å². The fraction of sp³-hybridized carbons (Fsp3) is 0.185. The lowest BCUT2D eigenvalue weighted by atomic mass is 9.93. The highest BCUT2D eigenvalue weighted by atomic mass is 16.5. The van der Waals surface area contributed by atoms with E-state index in [1.165, 1.54) is 42.5 Å². The van der Waals surface area contributed by atoms with Gasteiger partial charge in [-0.1, -0.05) is 5.11 Å². The quantitative estimate of drug-likeness (QED) is 0.100. The molecule has 1 atom stereocenters. The first-order chi connectivity index (χ1) is 18.8. The van der Waals surface area contributed by atoms with Crippen LogP contribution in [0.15, 0.2) is 74.0 Å². The molecule has 2 aromatic carbocycles. The number of nitrogens with one attached hydrogen (secondary N) is 1. The third-order valence-electron chi connectivity index (χ3n) is 5.88. The molecule has 0 radical (unpaired) electrons. The molecule has 12 nitrogen and oxygen atoms in total. The largest absolute Gasteiger partial charge is 0.508 e. The highest BCUT2D eigenvalue weighted by Gasteiger charge is 2.22. The van der Waals surface area contributed by atoms with Gasteiger partial charge in [-0.25, -0.2) is 9.59 Å². The van der Waals surface area contributed by atoms with E-state index in [9.17, 15) is 29.4 Å². The number of unbranched alkanes of at least 4 members (excludes halogenated alkanes) is 1. The Morgan fingerprint density at radius 1 is 1.08 bits per heavy atom. The van der Waals surface area contributed by atoms with Gasteiger partial charge in [0, 0.05) is 34.2 Å². The zero-order chi connectivity index (χ0) is 27.9. The lowest BCUT2D eigenvalue weighted by Crippen LogP contribution is -2.39. The maximum absolute atomic E-state index is 12.3. The van der Waals surface area contributed by atoms with Crippen molar-refractivity contribution >= 4 is 35.1 Å². The number of azo groups is 1. The predicted octanol–water partition coefficient (Wildman–Crippen LogP) is 4.18. The zero-order valence-electron chi connectivity index (χ0n) is 20.5. The van der Waals surface area contributed by atoms with Crippen LogP contribution in [-0.4, -0.2) is 41.3 Å². The molecule has 12 heteroatoms. The van der Waals surface area contributed by atoms with Crippen LogP contribution in [0.3, 0.4) is 0 Å². The molecule has 1 heterocycles. The van der Waals surface area contributed by atoms with Gasteiger partial charge < -0.3 is 30.4 Å². The van der Waals surface area contributed by atoms with Crippen LogP contribution in [0.2, 0.25) is 0 Å². The average Bonchev–Trinajstić information content (AvgIpc) is 2.90. The molecule has 0 bridgehead atoms. The molecule has 2 aromatic rings. The second-order valence-electron chi connectivity index (χ2n) is 8.53. The van der Waals surface area contributed by atoms with Crippen LogP contribution in [0.4, 0.5) is 10.5 Å². The number of aromatic hydroxyl groups is 1. The smallest absolute Gasteiger partial charge is 0.360 e. The molecule has 0 saturated carbocycles. The molecular weight excluding hydrogens is 508 g/mol. The number of carboxylic acid groups (broad SMARTS) is 1. The summed E-state index contributed by atoms with van der Waals surface area (Å²) in [6, 6.07) is 11.0. The molecule has 0 spiro atoms. The minimum Gasteiger partial charge on any atom is -0.508 e. The minimum atomic E-state index is -1.20. The predicted molar refractivity (Wildman–Crippen MR) is 140 cm³/mol. The Balaban J connectivity index is 1.76. The fourth-order valence-corrected chi connectivity index (χ4v) is 4.11. The Bertz CT molecular complexity index is 1600. The fourth-order valence-electron chi connectivity index (χ4n) is 4.11. The number of nitrogens with two attached hydrogens (primary N) is 1. The van der Waals surface area contributed by atoms with Gasteiger partial charge in [-0.15, -0.1) is 5.11 Å². The van der Waals surface area contributed by atoms with Crippen LogP contribution in [0.5, 0.6) is 11.5 Å². The summed E-state index contributed by atoms with van der Waals surface area (Å²) in [5.74, 6) is -0.884. The van der Waals surface area contributed by atoms with Crippen molar-refractivity contribution in [1.29, 1.82) is 0 Å². The Morgan fingerprint density at radius 2 is 1.90 bits per heavy atom. The van der Waals surface area contributed by atoms with Gasteiger partial charge in [0.2, 0.25) is 0 Å².